The zero-order chi connectivity index (χ0) is 13.6. The maximum Gasteiger partial charge on any atom is 0.159 e. The minimum atomic E-state index is -1.07. The van der Waals surface area contributed by atoms with E-state index in [2.05, 4.69) is 18.7 Å². The first-order valence-electron chi connectivity index (χ1n) is 5.60. The first kappa shape index (κ1) is 13.7. The van der Waals surface area contributed by atoms with Crippen molar-refractivity contribution >= 4 is 5.78 Å². The van der Waals surface area contributed by atoms with Crippen molar-refractivity contribution in [3.05, 3.63) is 48.0 Å². The predicted molar refractivity (Wildman–Crippen MR) is 68.6 cm³/mol. The molecule has 18 heavy (non-hydrogen) atoms. The summed E-state index contributed by atoms with van der Waals surface area (Å²) < 4.78 is 0. The third-order valence-corrected chi connectivity index (χ3v) is 2.79. The molecule has 0 radical (unpaired) electrons. The van der Waals surface area contributed by atoms with Crippen LogP contribution in [0.3, 0.4) is 0 Å². The van der Waals surface area contributed by atoms with Gasteiger partial charge in [-0.25, -0.2) is 0 Å². The first-order chi connectivity index (χ1) is 8.56. The lowest BCUT2D eigenvalue weighted by atomic mass is 9.81. The molecule has 0 saturated carbocycles. The van der Waals surface area contributed by atoms with Crippen LogP contribution in [0.4, 0.5) is 0 Å². The van der Waals surface area contributed by atoms with E-state index in [4.69, 9.17) is 10.5 Å². The van der Waals surface area contributed by atoms with Crippen LogP contribution in [0, 0.1) is 28.1 Å². The van der Waals surface area contributed by atoms with Gasteiger partial charge in [0.05, 0.1) is 12.1 Å². The molecule has 0 saturated heterocycles. The smallest absolute Gasteiger partial charge is 0.159 e. The Labute approximate surface area is 107 Å². The molecule has 0 amide bonds. The van der Waals surface area contributed by atoms with Gasteiger partial charge in [0, 0.05) is 12.0 Å². The number of rotatable bonds is 5. The van der Waals surface area contributed by atoms with Crippen molar-refractivity contribution in [1.29, 1.82) is 10.5 Å². The Kier molecular flexibility index (Phi) is 4.40. The highest BCUT2D eigenvalue weighted by molar-refractivity contribution is 5.94. The number of allylic oxidation sites excluding steroid dienone is 1. The zero-order valence-electron chi connectivity index (χ0n) is 10.3. The number of benzene rings is 1. The number of nitrogens with zero attached hydrogens (tertiary/aromatic N) is 2. The van der Waals surface area contributed by atoms with Gasteiger partial charge < -0.3 is 0 Å². The summed E-state index contributed by atoms with van der Waals surface area (Å²) in [6, 6.07) is 11.1. The summed E-state index contributed by atoms with van der Waals surface area (Å²) in [6.07, 6.45) is 2.25. The second-order valence-corrected chi connectivity index (χ2v) is 4.23. The van der Waals surface area contributed by atoms with Crippen molar-refractivity contribution in [3.63, 3.8) is 0 Å². The fourth-order valence-electron chi connectivity index (χ4n) is 1.72. The predicted octanol–water partition coefficient (Wildman–Crippen LogP) is 3.04. The normalized spacial score (nSPS) is 10.2. The lowest BCUT2D eigenvalue weighted by Gasteiger charge is -2.16. The highest BCUT2D eigenvalue weighted by Crippen LogP contribution is 2.26. The Hall–Kier alpha value is -2.39. The molecule has 0 atom stereocenters. The number of hydrogen-bond acceptors (Lipinski definition) is 3. The third kappa shape index (κ3) is 3.06. The SMILES string of the molecule is C=CCC(C#N)(C#N)Cc1ccc(C(C)=O)cc1. The van der Waals surface area contributed by atoms with Crippen LogP contribution in [0.25, 0.3) is 0 Å². The molecule has 1 aromatic carbocycles. The molecule has 3 nitrogen and oxygen atoms in total. The topological polar surface area (TPSA) is 64.7 Å². The van der Waals surface area contributed by atoms with Crippen LogP contribution in [-0.4, -0.2) is 5.78 Å². The second kappa shape index (κ2) is 5.80. The Bertz CT molecular complexity index is 515. The molecule has 3 heteroatoms. The molecule has 1 aromatic rings. The van der Waals surface area contributed by atoms with E-state index in [1.54, 1.807) is 30.3 Å². The lowest BCUT2D eigenvalue weighted by molar-refractivity contribution is 0.101. The molecule has 0 bridgehead atoms. The van der Waals surface area contributed by atoms with Crippen LogP contribution in [0.15, 0.2) is 36.9 Å². The van der Waals surface area contributed by atoms with Gasteiger partial charge in [0.1, 0.15) is 0 Å². The largest absolute Gasteiger partial charge is 0.295 e. The van der Waals surface area contributed by atoms with Crippen LogP contribution >= 0.6 is 0 Å². The Morgan fingerprint density at radius 1 is 1.33 bits per heavy atom. The Balaban J connectivity index is 2.96. The monoisotopic (exact) mass is 238 g/mol. The molecular weight excluding hydrogens is 224 g/mol. The Morgan fingerprint density at radius 2 is 1.89 bits per heavy atom. The summed E-state index contributed by atoms with van der Waals surface area (Å²) in [5.41, 5.74) is 0.423. The van der Waals surface area contributed by atoms with E-state index >= 15 is 0 Å². The van der Waals surface area contributed by atoms with E-state index in [1.165, 1.54) is 6.92 Å². The van der Waals surface area contributed by atoms with E-state index < -0.39 is 5.41 Å². The van der Waals surface area contributed by atoms with E-state index in [-0.39, 0.29) is 5.78 Å². The maximum atomic E-state index is 11.1. The zero-order valence-corrected chi connectivity index (χ0v) is 10.3. The number of carbonyl (C=O) groups excluding carboxylic acids is 1. The molecule has 0 N–H and O–H groups in total. The van der Waals surface area contributed by atoms with Crippen molar-refractivity contribution in [2.24, 2.45) is 5.41 Å². The quantitative estimate of drug-likeness (QED) is 0.585. The number of ketones is 1. The van der Waals surface area contributed by atoms with E-state index in [1.807, 2.05) is 0 Å². The highest BCUT2D eigenvalue weighted by Gasteiger charge is 2.28. The fourth-order valence-corrected chi connectivity index (χ4v) is 1.72. The number of Topliss-reactive ketones (excluding diaryl/α,β-unsaturated/α-hetero) is 1. The molecule has 0 fully saturated rings. The molecule has 0 unspecified atom stereocenters. The summed E-state index contributed by atoms with van der Waals surface area (Å²) in [5, 5.41) is 18.3. The molecule has 0 aliphatic rings. The van der Waals surface area contributed by atoms with Crippen molar-refractivity contribution < 1.29 is 4.79 Å². The van der Waals surface area contributed by atoms with Gasteiger partial charge in [-0.05, 0) is 18.9 Å². The van der Waals surface area contributed by atoms with Gasteiger partial charge >= 0.3 is 0 Å². The van der Waals surface area contributed by atoms with Gasteiger partial charge in [0.25, 0.3) is 0 Å². The summed E-state index contributed by atoms with van der Waals surface area (Å²) in [7, 11) is 0. The standard InChI is InChI=1S/C15H14N2O/c1-3-8-15(10-16,11-17)9-13-4-6-14(7-5-13)12(2)18/h3-7H,1,8-9H2,2H3. The maximum absolute atomic E-state index is 11.1. The van der Waals surface area contributed by atoms with Gasteiger partial charge in [0.15, 0.2) is 11.2 Å². The Morgan fingerprint density at radius 3 is 2.28 bits per heavy atom. The molecular formula is C15H14N2O. The van der Waals surface area contributed by atoms with Gasteiger partial charge in [-0.3, -0.25) is 4.79 Å². The van der Waals surface area contributed by atoms with Crippen molar-refractivity contribution in [1.82, 2.24) is 0 Å². The van der Waals surface area contributed by atoms with E-state index in [0.29, 0.717) is 18.4 Å². The van der Waals surface area contributed by atoms with E-state index in [9.17, 15) is 4.79 Å². The second-order valence-electron chi connectivity index (χ2n) is 4.23. The van der Waals surface area contributed by atoms with E-state index in [0.717, 1.165) is 5.56 Å². The molecule has 90 valence electrons. The van der Waals surface area contributed by atoms with Crippen molar-refractivity contribution in [3.8, 4) is 12.1 Å². The van der Waals surface area contributed by atoms with Gasteiger partial charge in [-0.15, -0.1) is 6.58 Å². The molecule has 0 aromatic heterocycles. The average molecular weight is 238 g/mol. The molecule has 0 heterocycles. The molecule has 0 aliphatic heterocycles. The average Bonchev–Trinajstić information content (AvgIpc) is 2.38. The minimum absolute atomic E-state index is 0.000490. The van der Waals surface area contributed by atoms with Crippen LogP contribution in [0.2, 0.25) is 0 Å². The van der Waals surface area contributed by atoms with Crippen molar-refractivity contribution in [2.75, 3.05) is 0 Å². The van der Waals surface area contributed by atoms with Crippen LogP contribution in [0.1, 0.15) is 29.3 Å². The summed E-state index contributed by atoms with van der Waals surface area (Å²) in [5.74, 6) is -0.000490. The van der Waals surface area contributed by atoms with Crippen LogP contribution in [0.5, 0.6) is 0 Å². The lowest BCUT2D eigenvalue weighted by Crippen LogP contribution is -2.18. The number of hydrogen-bond donors (Lipinski definition) is 0. The van der Waals surface area contributed by atoms with Gasteiger partial charge in [0.2, 0.25) is 0 Å². The molecule has 1 rings (SSSR count). The third-order valence-electron chi connectivity index (χ3n) is 2.79. The first-order valence-corrected chi connectivity index (χ1v) is 5.60. The number of carbonyl (C=O) groups is 1. The van der Waals surface area contributed by atoms with Gasteiger partial charge in [-0.1, -0.05) is 30.3 Å². The minimum Gasteiger partial charge on any atom is -0.295 e. The van der Waals surface area contributed by atoms with Gasteiger partial charge in [-0.2, -0.15) is 10.5 Å². The summed E-state index contributed by atoms with van der Waals surface area (Å²) in [6.45, 7) is 5.08. The van der Waals surface area contributed by atoms with Crippen LogP contribution in [-0.2, 0) is 6.42 Å². The fraction of sp³-hybridized carbons (Fsp3) is 0.267. The molecule has 0 spiro atoms. The number of nitriles is 2. The summed E-state index contributed by atoms with van der Waals surface area (Å²) >= 11 is 0. The van der Waals surface area contributed by atoms with Crippen molar-refractivity contribution in [2.45, 2.75) is 19.8 Å². The summed E-state index contributed by atoms with van der Waals surface area (Å²) in [4.78, 5) is 11.1. The van der Waals surface area contributed by atoms with Crippen LogP contribution < -0.4 is 0 Å². The molecule has 0 aliphatic carbocycles. The highest BCUT2D eigenvalue weighted by atomic mass is 16.1.